The lowest BCUT2D eigenvalue weighted by Crippen LogP contribution is -2.56. The van der Waals surface area contributed by atoms with E-state index in [-0.39, 0.29) is 23.6 Å². The molecule has 1 aromatic heterocycles. The molecule has 2 aromatic rings. The maximum atomic E-state index is 13.2. The quantitative estimate of drug-likeness (QED) is 0.525. The summed E-state index contributed by atoms with van der Waals surface area (Å²) in [6, 6.07) is 9.18. The molecule has 11 heteroatoms. The van der Waals surface area contributed by atoms with E-state index < -0.39 is 22.0 Å². The number of ether oxygens (including phenoxy) is 1. The van der Waals surface area contributed by atoms with Crippen LogP contribution in [0.25, 0.3) is 0 Å². The Morgan fingerprint density at radius 1 is 1.17 bits per heavy atom. The van der Waals surface area contributed by atoms with Crippen LogP contribution in [0.2, 0.25) is 0 Å². The van der Waals surface area contributed by atoms with Crippen LogP contribution in [-0.2, 0) is 19.6 Å². The maximum Gasteiger partial charge on any atom is 0.338 e. The third kappa shape index (κ3) is 5.19. The summed E-state index contributed by atoms with van der Waals surface area (Å²) in [6.45, 7) is 7.69. The van der Waals surface area contributed by atoms with Crippen LogP contribution in [0.5, 0.6) is 0 Å². The Bertz CT molecular complexity index is 1210. The molecule has 1 saturated heterocycles. The minimum Gasteiger partial charge on any atom is -0.463 e. The van der Waals surface area contributed by atoms with Gasteiger partial charge in [0.2, 0.25) is 10.0 Å². The molecule has 1 aromatic carbocycles. The second kappa shape index (κ2) is 11.1. The van der Waals surface area contributed by atoms with Gasteiger partial charge in [-0.1, -0.05) is 18.2 Å². The lowest BCUT2D eigenvalue weighted by atomic mass is 9.96. The fourth-order valence-corrected chi connectivity index (χ4v) is 7.12. The monoisotopic (exact) mass is 532 g/mol. The van der Waals surface area contributed by atoms with Crippen molar-refractivity contribution in [3.05, 3.63) is 64.0 Å². The van der Waals surface area contributed by atoms with Gasteiger partial charge >= 0.3 is 12.0 Å². The molecule has 2 aliphatic heterocycles. The number of carbonyl (C=O) groups is 2. The molecule has 2 amide bonds. The SMILES string of the molecule is CCOC(=O)C1=C(CN2CCN(S(=O)(=O)c3ccccc3)C(C)C2)N(CC)C(=O)NC1c1ccsc1. The number of hydrogen-bond donors (Lipinski definition) is 1. The van der Waals surface area contributed by atoms with Crippen LogP contribution in [-0.4, -0.2) is 79.9 Å². The van der Waals surface area contributed by atoms with Crippen LogP contribution in [0.4, 0.5) is 4.79 Å². The van der Waals surface area contributed by atoms with E-state index >= 15 is 0 Å². The molecule has 2 atom stereocenters. The molecular formula is C25H32N4O5S2. The first-order chi connectivity index (χ1) is 17.3. The number of sulfonamides is 1. The van der Waals surface area contributed by atoms with Crippen molar-refractivity contribution in [1.82, 2.24) is 19.4 Å². The molecule has 2 aliphatic rings. The molecule has 3 heterocycles. The Hall–Kier alpha value is -2.73. The van der Waals surface area contributed by atoms with Gasteiger partial charge in [-0.3, -0.25) is 9.80 Å². The van der Waals surface area contributed by atoms with Gasteiger partial charge in [0.05, 0.1) is 23.1 Å². The van der Waals surface area contributed by atoms with Crippen molar-refractivity contribution in [1.29, 1.82) is 0 Å². The predicted molar refractivity (Wildman–Crippen MR) is 138 cm³/mol. The zero-order valence-corrected chi connectivity index (χ0v) is 22.3. The van der Waals surface area contributed by atoms with Crippen LogP contribution in [0.15, 0.2) is 63.3 Å². The number of benzene rings is 1. The molecule has 194 valence electrons. The molecule has 1 fully saturated rings. The number of nitrogens with one attached hydrogen (secondary N) is 1. The smallest absolute Gasteiger partial charge is 0.338 e. The number of thiophene rings is 1. The van der Waals surface area contributed by atoms with Gasteiger partial charge in [-0.25, -0.2) is 18.0 Å². The zero-order chi connectivity index (χ0) is 25.9. The topological polar surface area (TPSA) is 99.3 Å². The number of hydrogen-bond acceptors (Lipinski definition) is 7. The Balaban J connectivity index is 1.63. The lowest BCUT2D eigenvalue weighted by molar-refractivity contribution is -0.139. The highest BCUT2D eigenvalue weighted by Gasteiger charge is 2.40. The Kier molecular flexibility index (Phi) is 8.13. The van der Waals surface area contributed by atoms with Gasteiger partial charge in [0.25, 0.3) is 0 Å². The van der Waals surface area contributed by atoms with Crippen LogP contribution in [0.1, 0.15) is 32.4 Å². The van der Waals surface area contributed by atoms with Gasteiger partial charge < -0.3 is 10.1 Å². The molecule has 9 nitrogen and oxygen atoms in total. The highest BCUT2D eigenvalue weighted by atomic mass is 32.2. The van der Waals surface area contributed by atoms with Crippen LogP contribution in [0.3, 0.4) is 0 Å². The van der Waals surface area contributed by atoms with Crippen molar-refractivity contribution in [3.63, 3.8) is 0 Å². The molecule has 2 unspecified atom stereocenters. The molecular weight excluding hydrogens is 500 g/mol. The standard InChI is InChI=1S/C25H32N4O5S2/c1-4-28-21(22(24(30)34-5-2)23(26-25(28)31)19-11-14-35-17-19)16-27-12-13-29(18(3)15-27)36(32,33)20-9-7-6-8-10-20/h6-11,14,17-18,23H,4-5,12-13,15-16H2,1-3H3,(H,26,31). The molecule has 4 rings (SSSR count). The number of nitrogens with zero attached hydrogens (tertiary/aromatic N) is 3. The van der Waals surface area contributed by atoms with Crippen molar-refractivity contribution in [3.8, 4) is 0 Å². The minimum absolute atomic E-state index is 0.221. The first kappa shape index (κ1) is 26.3. The van der Waals surface area contributed by atoms with Crippen LogP contribution >= 0.6 is 11.3 Å². The van der Waals surface area contributed by atoms with E-state index in [0.29, 0.717) is 44.0 Å². The molecule has 0 bridgehead atoms. The predicted octanol–water partition coefficient (Wildman–Crippen LogP) is 3.05. The van der Waals surface area contributed by atoms with E-state index in [4.69, 9.17) is 4.74 Å². The van der Waals surface area contributed by atoms with E-state index in [0.717, 1.165) is 5.56 Å². The van der Waals surface area contributed by atoms with Gasteiger partial charge in [0.15, 0.2) is 0 Å². The van der Waals surface area contributed by atoms with E-state index in [1.807, 2.05) is 30.7 Å². The third-order valence-electron chi connectivity index (χ3n) is 6.50. The Morgan fingerprint density at radius 3 is 2.53 bits per heavy atom. The summed E-state index contributed by atoms with van der Waals surface area (Å²) < 4.78 is 33.3. The van der Waals surface area contributed by atoms with Crippen LogP contribution < -0.4 is 5.32 Å². The van der Waals surface area contributed by atoms with E-state index in [2.05, 4.69) is 10.2 Å². The summed E-state index contributed by atoms with van der Waals surface area (Å²) in [5, 5.41) is 6.78. The summed E-state index contributed by atoms with van der Waals surface area (Å²) in [7, 11) is -3.61. The van der Waals surface area contributed by atoms with E-state index in [9.17, 15) is 18.0 Å². The molecule has 0 saturated carbocycles. The zero-order valence-electron chi connectivity index (χ0n) is 20.7. The fraction of sp³-hybridized carbons (Fsp3) is 0.440. The number of piperazine rings is 1. The lowest BCUT2D eigenvalue weighted by Gasteiger charge is -2.42. The minimum atomic E-state index is -3.61. The molecule has 0 radical (unpaired) electrons. The second-order valence-corrected chi connectivity index (χ2v) is 11.4. The van der Waals surface area contributed by atoms with Gasteiger partial charge in [0.1, 0.15) is 0 Å². The normalized spacial score (nSPS) is 22.0. The van der Waals surface area contributed by atoms with Crippen molar-refractivity contribution in [2.75, 3.05) is 39.3 Å². The number of carbonyl (C=O) groups excluding carboxylic acids is 2. The van der Waals surface area contributed by atoms with Crippen molar-refractivity contribution >= 4 is 33.4 Å². The first-order valence-corrected chi connectivity index (χ1v) is 14.5. The van der Waals surface area contributed by atoms with Crippen molar-refractivity contribution in [2.45, 2.75) is 37.8 Å². The summed E-state index contributed by atoms with van der Waals surface area (Å²) >= 11 is 1.49. The largest absolute Gasteiger partial charge is 0.463 e. The fourth-order valence-electron chi connectivity index (χ4n) is 4.80. The number of urea groups is 1. The summed E-state index contributed by atoms with van der Waals surface area (Å²) in [6.07, 6.45) is 0. The Labute approximate surface area is 216 Å². The van der Waals surface area contributed by atoms with Gasteiger partial charge in [-0.05, 0) is 55.3 Å². The average Bonchev–Trinajstić information content (AvgIpc) is 3.39. The molecule has 0 spiro atoms. The summed E-state index contributed by atoms with van der Waals surface area (Å²) in [5.41, 5.74) is 1.85. The summed E-state index contributed by atoms with van der Waals surface area (Å²) in [4.78, 5) is 30.2. The number of likely N-dealkylation sites (N-methyl/N-ethyl adjacent to an activating group) is 1. The highest BCUT2D eigenvalue weighted by molar-refractivity contribution is 7.89. The number of esters is 1. The second-order valence-electron chi connectivity index (χ2n) is 8.78. The van der Waals surface area contributed by atoms with Crippen molar-refractivity contribution in [2.24, 2.45) is 0 Å². The Morgan fingerprint density at radius 2 is 1.92 bits per heavy atom. The van der Waals surface area contributed by atoms with Gasteiger partial charge in [0, 0.05) is 44.5 Å². The molecule has 36 heavy (non-hydrogen) atoms. The van der Waals surface area contributed by atoms with E-state index in [1.54, 1.807) is 42.2 Å². The number of amides is 2. The van der Waals surface area contributed by atoms with Crippen molar-refractivity contribution < 1.29 is 22.7 Å². The first-order valence-electron chi connectivity index (χ1n) is 12.1. The number of rotatable bonds is 8. The summed E-state index contributed by atoms with van der Waals surface area (Å²) in [5.74, 6) is -0.458. The molecule has 1 N–H and O–H groups in total. The average molecular weight is 533 g/mol. The van der Waals surface area contributed by atoms with Gasteiger partial charge in [-0.2, -0.15) is 15.6 Å². The third-order valence-corrected chi connectivity index (χ3v) is 9.23. The highest BCUT2D eigenvalue weighted by Crippen LogP contribution is 2.33. The van der Waals surface area contributed by atoms with Gasteiger partial charge in [-0.15, -0.1) is 0 Å². The maximum absolute atomic E-state index is 13.2. The molecule has 0 aliphatic carbocycles. The van der Waals surface area contributed by atoms with Crippen LogP contribution in [0, 0.1) is 0 Å². The van der Waals surface area contributed by atoms with E-state index in [1.165, 1.54) is 15.6 Å².